The van der Waals surface area contributed by atoms with Crippen molar-refractivity contribution >= 4 is 39.7 Å². The number of ketones is 1. The van der Waals surface area contributed by atoms with Gasteiger partial charge in [-0.2, -0.15) is 0 Å². The number of carbonyl (C=O) groups excluding carboxylic acids is 3. The molecule has 0 atom stereocenters. The number of hydrogen-bond donors (Lipinski definition) is 1. The van der Waals surface area contributed by atoms with Crippen LogP contribution in [0.3, 0.4) is 0 Å². The van der Waals surface area contributed by atoms with Crippen molar-refractivity contribution in [2.24, 2.45) is 0 Å². The first kappa shape index (κ1) is 24.6. The Morgan fingerprint density at radius 3 is 2.56 bits per heavy atom. The summed E-state index contributed by atoms with van der Waals surface area (Å²) in [5.74, 6) is -1.26. The molecule has 34 heavy (non-hydrogen) atoms. The highest BCUT2D eigenvalue weighted by Gasteiger charge is 2.26. The van der Waals surface area contributed by atoms with Crippen molar-refractivity contribution in [1.29, 1.82) is 0 Å². The third kappa shape index (κ3) is 5.31. The number of nitro groups is 1. The van der Waals surface area contributed by atoms with Crippen molar-refractivity contribution in [3.05, 3.63) is 73.5 Å². The summed E-state index contributed by atoms with van der Waals surface area (Å²) < 4.78 is 16.1. The molecule has 0 fully saturated rings. The van der Waals surface area contributed by atoms with E-state index in [0.717, 1.165) is 16.9 Å². The number of aryl methyl sites for hydroxylation is 1. The number of benzene rings is 1. The number of nitrogens with zero attached hydrogens (tertiary/aromatic N) is 1. The first-order valence-electron chi connectivity index (χ1n) is 10.2. The van der Waals surface area contributed by atoms with E-state index in [4.69, 9.17) is 13.9 Å². The van der Waals surface area contributed by atoms with Gasteiger partial charge in [-0.05, 0) is 57.0 Å². The van der Waals surface area contributed by atoms with Gasteiger partial charge in [0.15, 0.2) is 17.3 Å². The lowest BCUT2D eigenvalue weighted by Crippen LogP contribution is -2.14. The fourth-order valence-electron chi connectivity index (χ4n) is 3.17. The SMILES string of the molecule is CCOC(=O)c1c(NC(=O)c2ccc(COc3ccc(C)cc3[N+](=O)[O-])o2)sc(C(C)=O)c1C. The third-order valence-electron chi connectivity index (χ3n) is 4.74. The van der Waals surface area contributed by atoms with Crippen molar-refractivity contribution in [3.63, 3.8) is 0 Å². The number of hydrogen-bond acceptors (Lipinski definition) is 9. The molecule has 0 unspecified atom stereocenters. The van der Waals surface area contributed by atoms with Crippen LogP contribution in [0.25, 0.3) is 0 Å². The minimum absolute atomic E-state index is 0.0674. The standard InChI is InChI=1S/C23H22N2O8S/c1-5-31-23(28)19-13(3)20(14(4)26)34-22(19)24-21(27)18-9-7-15(33-18)11-32-17-8-6-12(2)10-16(17)25(29)30/h6-10H,5,11H2,1-4H3,(H,24,27). The Balaban J connectivity index is 1.77. The highest BCUT2D eigenvalue weighted by molar-refractivity contribution is 7.18. The summed E-state index contributed by atoms with van der Waals surface area (Å²) in [4.78, 5) is 48.1. The van der Waals surface area contributed by atoms with Gasteiger partial charge in [0.2, 0.25) is 0 Å². The molecule has 2 aromatic heterocycles. The van der Waals surface area contributed by atoms with E-state index < -0.39 is 16.8 Å². The first-order valence-corrected chi connectivity index (χ1v) is 11.0. The molecule has 3 aromatic rings. The zero-order chi connectivity index (χ0) is 25.0. The Morgan fingerprint density at radius 2 is 1.91 bits per heavy atom. The number of furan rings is 1. The van der Waals surface area contributed by atoms with Crippen molar-refractivity contribution < 1.29 is 33.2 Å². The lowest BCUT2D eigenvalue weighted by atomic mass is 10.1. The summed E-state index contributed by atoms with van der Waals surface area (Å²) >= 11 is 0.979. The second-order valence-corrected chi connectivity index (χ2v) is 8.29. The van der Waals surface area contributed by atoms with E-state index in [1.54, 1.807) is 26.8 Å². The smallest absolute Gasteiger partial charge is 0.341 e. The van der Waals surface area contributed by atoms with E-state index in [9.17, 15) is 24.5 Å². The van der Waals surface area contributed by atoms with E-state index in [1.807, 2.05) is 0 Å². The molecule has 0 saturated heterocycles. The van der Waals surface area contributed by atoms with Gasteiger partial charge in [-0.3, -0.25) is 19.7 Å². The maximum atomic E-state index is 12.7. The lowest BCUT2D eigenvalue weighted by molar-refractivity contribution is -0.386. The molecule has 0 aliphatic heterocycles. The highest BCUT2D eigenvalue weighted by atomic mass is 32.1. The molecule has 11 heteroatoms. The minimum Gasteiger partial charge on any atom is -0.479 e. The number of ether oxygens (including phenoxy) is 2. The van der Waals surface area contributed by atoms with Crippen LogP contribution in [-0.4, -0.2) is 29.2 Å². The van der Waals surface area contributed by atoms with Gasteiger partial charge in [0.25, 0.3) is 5.91 Å². The normalized spacial score (nSPS) is 10.6. The minimum atomic E-state index is -0.646. The Hall–Kier alpha value is -3.99. The summed E-state index contributed by atoms with van der Waals surface area (Å²) in [6.45, 7) is 6.37. The quantitative estimate of drug-likeness (QED) is 0.191. The average Bonchev–Trinajstić information content (AvgIpc) is 3.37. The largest absolute Gasteiger partial charge is 0.479 e. The van der Waals surface area contributed by atoms with Crippen LogP contribution in [0.4, 0.5) is 10.7 Å². The monoisotopic (exact) mass is 486 g/mol. The highest BCUT2D eigenvalue weighted by Crippen LogP contribution is 2.34. The van der Waals surface area contributed by atoms with E-state index in [1.165, 1.54) is 31.2 Å². The van der Waals surface area contributed by atoms with Crippen molar-refractivity contribution in [3.8, 4) is 5.75 Å². The number of anilines is 1. The summed E-state index contributed by atoms with van der Waals surface area (Å²) in [6.07, 6.45) is 0. The number of Topliss-reactive ketones (excluding diaryl/α,β-unsaturated/α-hetero) is 1. The molecule has 2 heterocycles. The van der Waals surface area contributed by atoms with Crippen LogP contribution in [-0.2, 0) is 11.3 Å². The van der Waals surface area contributed by atoms with Crippen LogP contribution in [0.15, 0.2) is 34.7 Å². The zero-order valence-electron chi connectivity index (χ0n) is 18.9. The summed E-state index contributed by atoms with van der Waals surface area (Å²) in [6, 6.07) is 7.49. The molecule has 1 amide bonds. The molecule has 10 nitrogen and oxygen atoms in total. The fourth-order valence-corrected chi connectivity index (χ4v) is 4.25. The molecule has 1 N–H and O–H groups in total. The van der Waals surface area contributed by atoms with E-state index in [-0.39, 0.29) is 52.5 Å². The summed E-state index contributed by atoms with van der Waals surface area (Å²) in [5, 5.41) is 14.0. The van der Waals surface area contributed by atoms with Gasteiger partial charge in [0.1, 0.15) is 17.4 Å². The molecule has 0 bridgehead atoms. The number of carbonyl (C=O) groups is 3. The Bertz CT molecular complexity index is 1270. The number of esters is 1. The predicted octanol–water partition coefficient (Wildman–Crippen LogP) is 5.08. The molecule has 178 valence electrons. The first-order chi connectivity index (χ1) is 16.1. The second kappa shape index (κ2) is 10.3. The maximum Gasteiger partial charge on any atom is 0.341 e. The Kier molecular flexibility index (Phi) is 7.47. The van der Waals surface area contributed by atoms with Crippen LogP contribution in [0.5, 0.6) is 5.75 Å². The molecule has 0 saturated carbocycles. The molecular formula is C23H22N2O8S. The number of nitrogens with one attached hydrogen (secondary N) is 1. The maximum absolute atomic E-state index is 12.7. The third-order valence-corrected chi connectivity index (χ3v) is 6.05. The second-order valence-electron chi connectivity index (χ2n) is 7.27. The van der Waals surface area contributed by atoms with E-state index >= 15 is 0 Å². The molecular weight excluding hydrogens is 464 g/mol. The van der Waals surface area contributed by atoms with Crippen molar-refractivity contribution in [1.82, 2.24) is 0 Å². The Morgan fingerprint density at radius 1 is 1.18 bits per heavy atom. The van der Waals surface area contributed by atoms with Gasteiger partial charge in [0.05, 0.1) is 22.0 Å². The molecule has 0 radical (unpaired) electrons. The summed E-state index contributed by atoms with van der Waals surface area (Å²) in [5.41, 5.74) is 1.09. The Labute approximate surface area is 198 Å². The topological polar surface area (TPSA) is 138 Å². The van der Waals surface area contributed by atoms with E-state index in [0.29, 0.717) is 10.4 Å². The van der Waals surface area contributed by atoms with Crippen LogP contribution in [0, 0.1) is 24.0 Å². The lowest BCUT2D eigenvalue weighted by Gasteiger charge is -2.07. The number of amides is 1. The fraction of sp³-hybridized carbons (Fsp3) is 0.261. The number of nitro benzene ring substituents is 1. The van der Waals surface area contributed by atoms with Crippen LogP contribution >= 0.6 is 11.3 Å². The number of rotatable bonds is 9. The predicted molar refractivity (Wildman–Crippen MR) is 124 cm³/mol. The van der Waals surface area contributed by atoms with Gasteiger partial charge < -0.3 is 19.2 Å². The zero-order valence-corrected chi connectivity index (χ0v) is 19.7. The van der Waals surface area contributed by atoms with Gasteiger partial charge in [-0.25, -0.2) is 4.79 Å². The van der Waals surface area contributed by atoms with Crippen LogP contribution in [0.2, 0.25) is 0 Å². The van der Waals surface area contributed by atoms with Gasteiger partial charge in [-0.1, -0.05) is 6.07 Å². The van der Waals surface area contributed by atoms with Crippen molar-refractivity contribution in [2.45, 2.75) is 34.3 Å². The van der Waals surface area contributed by atoms with Crippen LogP contribution < -0.4 is 10.1 Å². The molecule has 0 aliphatic rings. The average molecular weight is 487 g/mol. The van der Waals surface area contributed by atoms with Gasteiger partial charge >= 0.3 is 11.7 Å². The van der Waals surface area contributed by atoms with E-state index in [2.05, 4.69) is 5.32 Å². The summed E-state index contributed by atoms with van der Waals surface area (Å²) in [7, 11) is 0. The van der Waals surface area contributed by atoms with Crippen LogP contribution in [0.1, 0.15) is 61.3 Å². The van der Waals surface area contributed by atoms with Gasteiger partial charge in [0, 0.05) is 6.07 Å². The molecule has 1 aromatic carbocycles. The molecule has 0 aliphatic carbocycles. The van der Waals surface area contributed by atoms with Crippen molar-refractivity contribution in [2.75, 3.05) is 11.9 Å². The molecule has 3 rings (SSSR count). The van der Waals surface area contributed by atoms with Gasteiger partial charge in [-0.15, -0.1) is 11.3 Å². The number of thiophene rings is 1. The molecule has 0 spiro atoms.